The fourth-order valence-electron chi connectivity index (χ4n) is 2.66. The fraction of sp³-hybridized carbons (Fsp3) is 0.286. The molecular weight excluding hydrogens is 412 g/mol. The number of hydrogen-bond donors (Lipinski definition) is 1. The number of hydrogen-bond acceptors (Lipinski definition) is 4. The Labute approximate surface area is 177 Å². The molecule has 0 atom stereocenters. The maximum atomic E-state index is 12.8. The Bertz CT molecular complexity index is 988. The van der Waals surface area contributed by atoms with Crippen LogP contribution in [0.4, 0.5) is 5.69 Å². The van der Waals surface area contributed by atoms with Crippen LogP contribution in [0.1, 0.15) is 31.1 Å². The minimum Gasteiger partial charge on any atom is -0.494 e. The van der Waals surface area contributed by atoms with Gasteiger partial charge in [-0.2, -0.15) is 0 Å². The molecule has 0 spiro atoms. The van der Waals surface area contributed by atoms with Crippen molar-refractivity contribution >= 4 is 33.2 Å². The van der Waals surface area contributed by atoms with Crippen LogP contribution in [0.15, 0.2) is 59.5 Å². The van der Waals surface area contributed by atoms with E-state index in [0.29, 0.717) is 31.1 Å². The Morgan fingerprint density at radius 3 is 2.38 bits per heavy atom. The largest absolute Gasteiger partial charge is 0.494 e. The highest BCUT2D eigenvalue weighted by Crippen LogP contribution is 2.25. The van der Waals surface area contributed by atoms with Crippen LogP contribution in [0.5, 0.6) is 5.75 Å². The number of anilines is 1. The zero-order valence-electron chi connectivity index (χ0n) is 16.7. The van der Waals surface area contributed by atoms with Crippen LogP contribution >= 0.6 is 11.6 Å². The van der Waals surface area contributed by atoms with Crippen molar-refractivity contribution in [2.75, 3.05) is 24.4 Å². The number of sulfonamides is 1. The molecule has 1 amide bonds. The third kappa shape index (κ3) is 5.98. The lowest BCUT2D eigenvalue weighted by Crippen LogP contribution is -2.32. The van der Waals surface area contributed by atoms with E-state index in [1.54, 1.807) is 29.2 Å². The molecule has 0 aliphatic carbocycles. The molecule has 2 aromatic carbocycles. The maximum Gasteiger partial charge on any atom is 0.261 e. The number of likely N-dealkylation sites (N-methyl/N-ethyl adjacent to an activating group) is 1. The molecule has 0 fully saturated rings. The minimum atomic E-state index is -3.90. The van der Waals surface area contributed by atoms with Gasteiger partial charge in [0.25, 0.3) is 15.9 Å². The second-order valence-electron chi connectivity index (χ2n) is 6.48. The number of nitrogens with one attached hydrogen (secondary N) is 1. The highest BCUT2D eigenvalue weighted by molar-refractivity contribution is 7.92. The van der Waals surface area contributed by atoms with E-state index in [2.05, 4.69) is 11.3 Å². The van der Waals surface area contributed by atoms with Crippen molar-refractivity contribution in [2.24, 2.45) is 0 Å². The zero-order chi connectivity index (χ0) is 21.6. The second-order valence-corrected chi connectivity index (χ2v) is 8.57. The van der Waals surface area contributed by atoms with Crippen LogP contribution in [0, 0.1) is 0 Å². The monoisotopic (exact) mass is 436 g/mol. The molecule has 0 aromatic heterocycles. The highest BCUT2D eigenvalue weighted by atomic mass is 35.5. The van der Waals surface area contributed by atoms with E-state index in [-0.39, 0.29) is 21.4 Å². The molecule has 0 heterocycles. The van der Waals surface area contributed by atoms with Crippen LogP contribution in [0.2, 0.25) is 5.02 Å². The number of rotatable bonds is 9. The third-order valence-electron chi connectivity index (χ3n) is 4.03. The Kier molecular flexibility index (Phi) is 7.70. The lowest BCUT2D eigenvalue weighted by atomic mass is 10.2. The SMILES string of the molecule is C=C(C)CN(CC)C(=O)c1cc(S(=O)(=O)Nc2ccc(OCC)cc2)ccc1Cl. The maximum absolute atomic E-state index is 12.8. The Morgan fingerprint density at radius 2 is 1.83 bits per heavy atom. The van der Waals surface area contributed by atoms with Crippen molar-refractivity contribution < 1.29 is 17.9 Å². The van der Waals surface area contributed by atoms with Crippen LogP contribution in [0.3, 0.4) is 0 Å². The first-order valence-corrected chi connectivity index (χ1v) is 11.0. The molecule has 0 saturated carbocycles. The molecule has 0 aliphatic rings. The summed E-state index contributed by atoms with van der Waals surface area (Å²) in [4.78, 5) is 14.3. The van der Waals surface area contributed by atoms with Gasteiger partial charge in [0, 0.05) is 18.8 Å². The molecule has 6 nitrogen and oxygen atoms in total. The van der Waals surface area contributed by atoms with E-state index < -0.39 is 10.0 Å². The first-order valence-electron chi connectivity index (χ1n) is 9.16. The quantitative estimate of drug-likeness (QED) is 0.584. The number of ether oxygens (including phenoxy) is 1. The third-order valence-corrected chi connectivity index (χ3v) is 5.73. The summed E-state index contributed by atoms with van der Waals surface area (Å²) in [5, 5.41) is 0.190. The van der Waals surface area contributed by atoms with Crippen molar-refractivity contribution in [3.63, 3.8) is 0 Å². The first kappa shape index (κ1) is 22.8. The molecule has 2 rings (SSSR count). The Hall–Kier alpha value is -2.51. The molecule has 0 bridgehead atoms. The number of nitrogens with zero attached hydrogens (tertiary/aromatic N) is 1. The zero-order valence-corrected chi connectivity index (χ0v) is 18.3. The van der Waals surface area contributed by atoms with Gasteiger partial charge in [0.15, 0.2) is 0 Å². The smallest absolute Gasteiger partial charge is 0.261 e. The summed E-state index contributed by atoms with van der Waals surface area (Å²) >= 11 is 6.19. The fourth-order valence-corrected chi connectivity index (χ4v) is 3.94. The summed E-state index contributed by atoms with van der Waals surface area (Å²) in [5.41, 5.74) is 1.33. The number of benzene rings is 2. The highest BCUT2D eigenvalue weighted by Gasteiger charge is 2.22. The Balaban J connectivity index is 2.30. The lowest BCUT2D eigenvalue weighted by Gasteiger charge is -2.22. The van der Waals surface area contributed by atoms with E-state index in [1.807, 2.05) is 20.8 Å². The van der Waals surface area contributed by atoms with E-state index in [0.717, 1.165) is 5.57 Å². The molecule has 29 heavy (non-hydrogen) atoms. The Morgan fingerprint density at radius 1 is 1.17 bits per heavy atom. The van der Waals surface area contributed by atoms with Crippen molar-refractivity contribution in [2.45, 2.75) is 25.7 Å². The summed E-state index contributed by atoms with van der Waals surface area (Å²) in [6, 6.07) is 10.6. The molecule has 0 unspecified atom stereocenters. The lowest BCUT2D eigenvalue weighted by molar-refractivity contribution is 0.0778. The van der Waals surface area contributed by atoms with E-state index in [4.69, 9.17) is 16.3 Å². The molecule has 8 heteroatoms. The summed E-state index contributed by atoms with van der Waals surface area (Å²) in [7, 11) is -3.90. The number of carbonyl (C=O) groups is 1. The molecule has 1 N–H and O–H groups in total. The van der Waals surface area contributed by atoms with Gasteiger partial charge < -0.3 is 9.64 Å². The molecule has 2 aromatic rings. The molecule has 0 aliphatic heterocycles. The van der Waals surface area contributed by atoms with Gasteiger partial charge in [0.05, 0.1) is 22.1 Å². The van der Waals surface area contributed by atoms with Gasteiger partial charge in [0.2, 0.25) is 0 Å². The van der Waals surface area contributed by atoms with Gasteiger partial charge in [0.1, 0.15) is 5.75 Å². The number of amides is 1. The van der Waals surface area contributed by atoms with Gasteiger partial charge in [-0.15, -0.1) is 0 Å². The molecular formula is C21H25ClN2O4S. The van der Waals surface area contributed by atoms with Gasteiger partial charge in [-0.1, -0.05) is 23.8 Å². The van der Waals surface area contributed by atoms with Crippen molar-refractivity contribution in [3.05, 3.63) is 65.2 Å². The predicted octanol–water partition coefficient (Wildman–Crippen LogP) is 4.58. The minimum absolute atomic E-state index is 0.0505. The van der Waals surface area contributed by atoms with E-state index >= 15 is 0 Å². The van der Waals surface area contributed by atoms with Crippen molar-refractivity contribution in [3.8, 4) is 5.75 Å². The predicted molar refractivity (Wildman–Crippen MR) is 116 cm³/mol. The molecule has 0 saturated heterocycles. The number of carbonyl (C=O) groups excluding carboxylic acids is 1. The average molecular weight is 437 g/mol. The van der Waals surface area contributed by atoms with Crippen molar-refractivity contribution in [1.29, 1.82) is 0 Å². The van der Waals surface area contributed by atoms with Crippen LogP contribution in [0.25, 0.3) is 0 Å². The molecule has 156 valence electrons. The van der Waals surface area contributed by atoms with Gasteiger partial charge in [-0.25, -0.2) is 8.42 Å². The second kappa shape index (κ2) is 9.80. The van der Waals surface area contributed by atoms with Gasteiger partial charge in [-0.3, -0.25) is 9.52 Å². The summed E-state index contributed by atoms with van der Waals surface area (Å²) in [6.45, 7) is 10.7. The van der Waals surface area contributed by atoms with Gasteiger partial charge in [-0.05, 0) is 63.2 Å². The van der Waals surface area contributed by atoms with Crippen LogP contribution < -0.4 is 9.46 Å². The van der Waals surface area contributed by atoms with Crippen LogP contribution in [-0.2, 0) is 10.0 Å². The topological polar surface area (TPSA) is 75.7 Å². The standard InChI is InChI=1S/C21H25ClN2O4S/c1-5-24(14-15(3)4)21(25)19-13-18(11-12-20(19)22)29(26,27)23-16-7-9-17(10-8-16)28-6-2/h7-13,23H,3,5-6,14H2,1-2,4H3. The summed E-state index contributed by atoms with van der Waals surface area (Å²) in [6.07, 6.45) is 0. The summed E-state index contributed by atoms with van der Waals surface area (Å²) < 4.78 is 33.4. The van der Waals surface area contributed by atoms with E-state index in [9.17, 15) is 13.2 Å². The normalized spacial score (nSPS) is 11.0. The first-order chi connectivity index (χ1) is 13.7. The number of halogens is 1. The van der Waals surface area contributed by atoms with E-state index in [1.165, 1.54) is 18.2 Å². The van der Waals surface area contributed by atoms with Crippen LogP contribution in [-0.4, -0.2) is 38.9 Å². The molecule has 0 radical (unpaired) electrons. The van der Waals surface area contributed by atoms with Crippen molar-refractivity contribution in [1.82, 2.24) is 4.90 Å². The van der Waals surface area contributed by atoms with Gasteiger partial charge >= 0.3 is 0 Å². The summed E-state index contributed by atoms with van der Waals surface area (Å²) in [5.74, 6) is 0.297. The average Bonchev–Trinajstić information content (AvgIpc) is 2.67.